The van der Waals surface area contributed by atoms with E-state index in [0.717, 1.165) is 40.5 Å². The van der Waals surface area contributed by atoms with Crippen molar-refractivity contribution in [3.8, 4) is 11.4 Å². The van der Waals surface area contributed by atoms with Gasteiger partial charge in [-0.1, -0.05) is 0 Å². The zero-order valence-corrected chi connectivity index (χ0v) is 15.4. The van der Waals surface area contributed by atoms with Crippen LogP contribution in [0.4, 0.5) is 0 Å². The third kappa shape index (κ3) is 2.34. The zero-order valence-electron chi connectivity index (χ0n) is 15.4. The Hall–Kier alpha value is -2.96. The highest BCUT2D eigenvalue weighted by Crippen LogP contribution is 2.54. The molecule has 1 aliphatic carbocycles. The number of hydrogen-bond donors (Lipinski definition) is 0. The molecule has 1 aliphatic rings. The molecule has 0 bridgehead atoms. The molecule has 4 aromatic heterocycles. The smallest absolute Gasteiger partial charge is 0.156 e. The maximum absolute atomic E-state index is 4.76. The molecule has 4 aromatic rings. The Morgan fingerprint density at radius 1 is 1.04 bits per heavy atom. The predicted molar refractivity (Wildman–Crippen MR) is 98.0 cm³/mol. The highest BCUT2D eigenvalue weighted by Gasteiger charge is 2.42. The quantitative estimate of drug-likeness (QED) is 0.571. The van der Waals surface area contributed by atoms with Crippen molar-refractivity contribution in [2.75, 3.05) is 0 Å². The summed E-state index contributed by atoms with van der Waals surface area (Å²) in [5.74, 6) is 0.998. The zero-order chi connectivity index (χ0) is 18.0. The molecular formula is C19H21N7. The van der Waals surface area contributed by atoms with Crippen LogP contribution in [-0.4, -0.2) is 34.2 Å². The molecule has 0 aliphatic heterocycles. The summed E-state index contributed by atoms with van der Waals surface area (Å²) in [6.45, 7) is 4.06. The first kappa shape index (κ1) is 15.3. The van der Waals surface area contributed by atoms with Crippen molar-refractivity contribution >= 4 is 5.65 Å². The second-order valence-electron chi connectivity index (χ2n) is 7.31. The van der Waals surface area contributed by atoms with Gasteiger partial charge in [-0.05, 0) is 43.9 Å². The number of nitrogens with zero attached hydrogens (tertiary/aromatic N) is 7. The lowest BCUT2D eigenvalue weighted by Crippen LogP contribution is -1.98. The van der Waals surface area contributed by atoms with Gasteiger partial charge in [-0.2, -0.15) is 15.3 Å². The van der Waals surface area contributed by atoms with E-state index in [1.165, 1.54) is 5.56 Å². The third-order valence-corrected chi connectivity index (χ3v) is 5.22. The van der Waals surface area contributed by atoms with Gasteiger partial charge in [0.15, 0.2) is 5.65 Å². The highest BCUT2D eigenvalue weighted by molar-refractivity contribution is 5.62. The molecule has 0 spiro atoms. The standard InChI is InChI=1S/C19H21N7/c1-11-5-12(2)26-19(21-11)8-17(23-26)18-7-16(22-25(18)4)15-6-14(15)13-9-20-24(3)10-13/h5,7-10,14-15H,6H2,1-4H3. The molecule has 0 radical (unpaired) electrons. The summed E-state index contributed by atoms with van der Waals surface area (Å²) in [6, 6.07) is 6.25. The minimum atomic E-state index is 0.471. The van der Waals surface area contributed by atoms with Gasteiger partial charge in [-0.25, -0.2) is 9.50 Å². The van der Waals surface area contributed by atoms with Crippen molar-refractivity contribution in [2.45, 2.75) is 32.1 Å². The van der Waals surface area contributed by atoms with E-state index in [1.54, 1.807) is 0 Å². The van der Waals surface area contributed by atoms with Crippen molar-refractivity contribution in [1.29, 1.82) is 0 Å². The van der Waals surface area contributed by atoms with E-state index >= 15 is 0 Å². The summed E-state index contributed by atoms with van der Waals surface area (Å²) in [5.41, 5.74) is 7.33. The van der Waals surface area contributed by atoms with Gasteiger partial charge < -0.3 is 0 Å². The summed E-state index contributed by atoms with van der Waals surface area (Å²) in [4.78, 5) is 4.58. The van der Waals surface area contributed by atoms with Crippen LogP contribution in [0.3, 0.4) is 0 Å². The predicted octanol–water partition coefficient (Wildman–Crippen LogP) is 2.75. The average molecular weight is 347 g/mol. The molecule has 4 heterocycles. The fourth-order valence-electron chi connectivity index (χ4n) is 3.84. The number of aryl methyl sites for hydroxylation is 4. The maximum Gasteiger partial charge on any atom is 0.156 e. The number of fused-ring (bicyclic) bond motifs is 1. The third-order valence-electron chi connectivity index (χ3n) is 5.22. The van der Waals surface area contributed by atoms with Gasteiger partial charge in [0.2, 0.25) is 0 Å². The minimum absolute atomic E-state index is 0.471. The molecule has 0 N–H and O–H groups in total. The summed E-state index contributed by atoms with van der Waals surface area (Å²) >= 11 is 0. The Morgan fingerprint density at radius 3 is 2.65 bits per heavy atom. The van der Waals surface area contributed by atoms with Gasteiger partial charge in [0.25, 0.3) is 0 Å². The topological polar surface area (TPSA) is 65.8 Å². The van der Waals surface area contributed by atoms with Crippen molar-refractivity contribution in [1.82, 2.24) is 34.2 Å². The van der Waals surface area contributed by atoms with Crippen molar-refractivity contribution < 1.29 is 0 Å². The Kier molecular flexibility index (Phi) is 3.10. The van der Waals surface area contributed by atoms with E-state index in [9.17, 15) is 0 Å². The molecule has 5 rings (SSSR count). The molecule has 132 valence electrons. The van der Waals surface area contributed by atoms with Crippen LogP contribution in [0.25, 0.3) is 17.0 Å². The molecule has 2 atom stereocenters. The van der Waals surface area contributed by atoms with Crippen molar-refractivity contribution in [2.24, 2.45) is 14.1 Å². The molecule has 2 unspecified atom stereocenters. The molecule has 1 fully saturated rings. The molecule has 7 heteroatoms. The largest absolute Gasteiger partial charge is 0.276 e. The summed E-state index contributed by atoms with van der Waals surface area (Å²) < 4.78 is 5.69. The molecule has 0 aromatic carbocycles. The normalized spacial score (nSPS) is 19.4. The van der Waals surface area contributed by atoms with Crippen LogP contribution >= 0.6 is 0 Å². The van der Waals surface area contributed by atoms with Gasteiger partial charge in [-0.15, -0.1) is 0 Å². The Labute approximate surface area is 151 Å². The number of hydrogen-bond acceptors (Lipinski definition) is 4. The first-order valence-electron chi connectivity index (χ1n) is 8.86. The molecular weight excluding hydrogens is 326 g/mol. The first-order valence-corrected chi connectivity index (χ1v) is 8.86. The van der Waals surface area contributed by atoms with Gasteiger partial charge in [0.05, 0.1) is 17.6 Å². The molecule has 1 saturated carbocycles. The lowest BCUT2D eigenvalue weighted by Gasteiger charge is -1.99. The number of aromatic nitrogens is 7. The Bertz CT molecular complexity index is 1130. The van der Waals surface area contributed by atoms with Gasteiger partial charge >= 0.3 is 0 Å². The van der Waals surface area contributed by atoms with Gasteiger partial charge in [-0.3, -0.25) is 9.36 Å². The van der Waals surface area contributed by atoms with E-state index in [1.807, 2.05) is 53.2 Å². The fourth-order valence-corrected chi connectivity index (χ4v) is 3.84. The fraction of sp³-hybridized carbons (Fsp3) is 0.368. The van der Waals surface area contributed by atoms with Crippen LogP contribution in [0.1, 0.15) is 40.9 Å². The second kappa shape index (κ2) is 5.27. The van der Waals surface area contributed by atoms with Crippen LogP contribution in [0, 0.1) is 13.8 Å². The Balaban J connectivity index is 1.49. The lowest BCUT2D eigenvalue weighted by molar-refractivity contribution is 0.743. The van der Waals surface area contributed by atoms with Gasteiger partial charge in [0, 0.05) is 43.7 Å². The van der Waals surface area contributed by atoms with Crippen LogP contribution in [0.15, 0.2) is 30.6 Å². The highest BCUT2D eigenvalue weighted by atomic mass is 15.3. The summed E-state index contributed by atoms with van der Waals surface area (Å²) in [5, 5.41) is 13.8. The lowest BCUT2D eigenvalue weighted by atomic mass is 10.1. The molecule has 26 heavy (non-hydrogen) atoms. The average Bonchev–Trinajstić information content (AvgIpc) is 2.90. The summed E-state index contributed by atoms with van der Waals surface area (Å²) in [6.07, 6.45) is 5.20. The molecule has 0 amide bonds. The molecule has 0 saturated heterocycles. The van der Waals surface area contributed by atoms with Crippen LogP contribution in [-0.2, 0) is 14.1 Å². The van der Waals surface area contributed by atoms with Crippen LogP contribution < -0.4 is 0 Å². The first-order chi connectivity index (χ1) is 12.5. The minimum Gasteiger partial charge on any atom is -0.276 e. The Morgan fingerprint density at radius 2 is 1.88 bits per heavy atom. The molecule has 7 nitrogen and oxygen atoms in total. The van der Waals surface area contributed by atoms with Crippen molar-refractivity contribution in [3.63, 3.8) is 0 Å². The van der Waals surface area contributed by atoms with Crippen molar-refractivity contribution in [3.05, 3.63) is 53.2 Å². The van der Waals surface area contributed by atoms with E-state index in [-0.39, 0.29) is 0 Å². The van der Waals surface area contributed by atoms with Crippen LogP contribution in [0.5, 0.6) is 0 Å². The monoisotopic (exact) mass is 347 g/mol. The van der Waals surface area contributed by atoms with E-state index in [0.29, 0.717) is 11.8 Å². The number of rotatable bonds is 3. The van der Waals surface area contributed by atoms with Crippen LogP contribution in [0.2, 0.25) is 0 Å². The van der Waals surface area contributed by atoms with Gasteiger partial charge in [0.1, 0.15) is 5.69 Å². The maximum atomic E-state index is 4.76. The van der Waals surface area contributed by atoms with E-state index in [4.69, 9.17) is 10.2 Å². The van der Waals surface area contributed by atoms with E-state index < -0.39 is 0 Å². The second-order valence-corrected chi connectivity index (χ2v) is 7.31. The van der Waals surface area contributed by atoms with E-state index in [2.05, 4.69) is 29.3 Å². The summed E-state index contributed by atoms with van der Waals surface area (Å²) in [7, 11) is 3.94. The SMILES string of the molecule is Cc1cc(C)n2nc(-c3cc(C4CC4c4cnn(C)c4)nn3C)cc2n1.